The number of hydrogen-bond acceptors (Lipinski definition) is 5. The molecule has 144 valence electrons. The van der Waals surface area contributed by atoms with Gasteiger partial charge in [-0.3, -0.25) is 4.79 Å². The van der Waals surface area contributed by atoms with Crippen LogP contribution >= 0.6 is 11.6 Å². The molecule has 3 aromatic rings. The fourth-order valence-electron chi connectivity index (χ4n) is 3.21. The molecule has 1 amide bonds. The number of hydrogen-bond donors (Lipinski definition) is 1. The van der Waals surface area contributed by atoms with E-state index in [1.807, 2.05) is 24.3 Å². The predicted molar refractivity (Wildman–Crippen MR) is 104 cm³/mol. The van der Waals surface area contributed by atoms with E-state index in [1.165, 1.54) is 7.11 Å². The molecule has 28 heavy (non-hydrogen) atoms. The molecular formula is C21H18ClNO5. The number of phenolic OH excluding ortho intramolecular Hbond substituents is 1. The van der Waals surface area contributed by atoms with E-state index in [1.54, 1.807) is 29.2 Å². The van der Waals surface area contributed by atoms with E-state index < -0.39 is 0 Å². The molecule has 2 aromatic carbocycles. The molecule has 0 bridgehead atoms. The van der Waals surface area contributed by atoms with Crippen molar-refractivity contribution in [1.82, 2.24) is 4.90 Å². The van der Waals surface area contributed by atoms with Crippen LogP contribution in [0.25, 0.3) is 11.1 Å². The first-order valence-corrected chi connectivity index (χ1v) is 9.10. The summed E-state index contributed by atoms with van der Waals surface area (Å²) in [5.41, 5.74) is 2.36. The second-order valence-corrected chi connectivity index (χ2v) is 6.83. The number of ether oxygens (including phenoxy) is 2. The van der Waals surface area contributed by atoms with Gasteiger partial charge in [0.2, 0.25) is 0 Å². The van der Waals surface area contributed by atoms with Crippen LogP contribution in [0.2, 0.25) is 5.02 Å². The number of nitrogens with zero attached hydrogens (tertiary/aromatic N) is 1. The summed E-state index contributed by atoms with van der Waals surface area (Å²) in [5, 5.41) is 11.1. The van der Waals surface area contributed by atoms with Gasteiger partial charge in [0.15, 0.2) is 17.3 Å². The number of benzene rings is 2. The fraction of sp³-hybridized carbons (Fsp3) is 0.190. The SMILES string of the molecule is COc1ccc(C(=O)N2CCOc3c(O)cc(-c4cccc(Cl)c4)cc3C2)o1. The zero-order valence-corrected chi connectivity index (χ0v) is 15.9. The highest BCUT2D eigenvalue weighted by Gasteiger charge is 2.25. The Morgan fingerprint density at radius 1 is 1.18 bits per heavy atom. The summed E-state index contributed by atoms with van der Waals surface area (Å²) in [5.74, 6) is 0.609. The quantitative estimate of drug-likeness (QED) is 0.708. The summed E-state index contributed by atoms with van der Waals surface area (Å²) in [4.78, 5) is 14.4. The lowest BCUT2D eigenvalue weighted by Crippen LogP contribution is -2.32. The highest BCUT2D eigenvalue weighted by Crippen LogP contribution is 2.38. The molecule has 0 radical (unpaired) electrons. The Kier molecular flexibility index (Phi) is 4.88. The smallest absolute Gasteiger partial charge is 0.290 e. The molecule has 0 saturated heterocycles. The van der Waals surface area contributed by atoms with Gasteiger partial charge in [-0.15, -0.1) is 0 Å². The Bertz CT molecular complexity index is 1030. The average Bonchev–Trinajstić information content (AvgIpc) is 3.07. The van der Waals surface area contributed by atoms with Crippen molar-refractivity contribution in [3.05, 3.63) is 64.9 Å². The minimum absolute atomic E-state index is 0.0291. The van der Waals surface area contributed by atoms with Crippen LogP contribution in [0.4, 0.5) is 0 Å². The van der Waals surface area contributed by atoms with Crippen molar-refractivity contribution in [2.75, 3.05) is 20.3 Å². The number of methoxy groups -OCH3 is 1. The van der Waals surface area contributed by atoms with Gasteiger partial charge in [-0.1, -0.05) is 23.7 Å². The monoisotopic (exact) mass is 399 g/mol. The Balaban J connectivity index is 1.67. The molecule has 0 unspecified atom stereocenters. The summed E-state index contributed by atoms with van der Waals surface area (Å²) >= 11 is 6.09. The number of carbonyl (C=O) groups is 1. The van der Waals surface area contributed by atoms with Crippen molar-refractivity contribution < 1.29 is 23.8 Å². The van der Waals surface area contributed by atoms with Crippen molar-refractivity contribution in [2.45, 2.75) is 6.54 Å². The van der Waals surface area contributed by atoms with E-state index in [9.17, 15) is 9.90 Å². The molecule has 2 heterocycles. The number of amides is 1. The largest absolute Gasteiger partial charge is 0.504 e. The third kappa shape index (κ3) is 3.51. The highest BCUT2D eigenvalue weighted by atomic mass is 35.5. The van der Waals surface area contributed by atoms with Crippen molar-refractivity contribution in [3.8, 4) is 28.6 Å². The third-order valence-electron chi connectivity index (χ3n) is 4.55. The van der Waals surface area contributed by atoms with Crippen LogP contribution in [0, 0.1) is 0 Å². The summed E-state index contributed by atoms with van der Waals surface area (Å²) in [6, 6.07) is 14.1. The van der Waals surface area contributed by atoms with Gasteiger partial charge in [-0.25, -0.2) is 0 Å². The lowest BCUT2D eigenvalue weighted by Gasteiger charge is -2.18. The van der Waals surface area contributed by atoms with Crippen molar-refractivity contribution in [2.24, 2.45) is 0 Å². The van der Waals surface area contributed by atoms with Gasteiger partial charge in [0.1, 0.15) is 6.61 Å². The minimum atomic E-state index is -0.271. The van der Waals surface area contributed by atoms with Crippen LogP contribution in [-0.4, -0.2) is 36.2 Å². The normalized spacial score (nSPS) is 13.4. The molecule has 0 atom stereocenters. The van der Waals surface area contributed by atoms with E-state index in [0.29, 0.717) is 22.9 Å². The number of carbonyl (C=O) groups excluding carboxylic acids is 1. The molecule has 6 nitrogen and oxygen atoms in total. The van der Waals surface area contributed by atoms with E-state index in [2.05, 4.69) is 0 Å². The second-order valence-electron chi connectivity index (χ2n) is 6.39. The van der Waals surface area contributed by atoms with Gasteiger partial charge in [-0.2, -0.15) is 0 Å². The van der Waals surface area contributed by atoms with Gasteiger partial charge in [0, 0.05) is 16.7 Å². The zero-order valence-electron chi connectivity index (χ0n) is 15.1. The molecule has 0 fully saturated rings. The molecule has 4 rings (SSSR count). The predicted octanol–water partition coefficient (Wildman–Crippen LogP) is 4.35. The highest BCUT2D eigenvalue weighted by molar-refractivity contribution is 6.30. The molecular weight excluding hydrogens is 382 g/mol. The molecule has 1 aromatic heterocycles. The average molecular weight is 400 g/mol. The van der Waals surface area contributed by atoms with E-state index in [4.69, 9.17) is 25.5 Å². The number of furan rings is 1. The number of phenols is 1. The Morgan fingerprint density at radius 2 is 2.04 bits per heavy atom. The third-order valence-corrected chi connectivity index (χ3v) is 4.79. The summed E-state index contributed by atoms with van der Waals surface area (Å²) in [6.07, 6.45) is 0. The van der Waals surface area contributed by atoms with E-state index in [-0.39, 0.29) is 36.5 Å². The van der Waals surface area contributed by atoms with Crippen molar-refractivity contribution >= 4 is 17.5 Å². The number of fused-ring (bicyclic) bond motifs is 1. The molecule has 1 aliphatic heterocycles. The van der Waals surface area contributed by atoms with Crippen molar-refractivity contribution in [1.29, 1.82) is 0 Å². The zero-order chi connectivity index (χ0) is 19.7. The summed E-state index contributed by atoms with van der Waals surface area (Å²) < 4.78 is 16.1. The van der Waals surface area contributed by atoms with Gasteiger partial charge >= 0.3 is 0 Å². The van der Waals surface area contributed by atoms with Crippen molar-refractivity contribution in [3.63, 3.8) is 0 Å². The van der Waals surface area contributed by atoms with Crippen LogP contribution < -0.4 is 9.47 Å². The maximum atomic E-state index is 12.8. The first-order chi connectivity index (χ1) is 13.5. The topological polar surface area (TPSA) is 72.1 Å². The van der Waals surface area contributed by atoms with Gasteiger partial charge < -0.3 is 23.9 Å². The van der Waals surface area contributed by atoms with Gasteiger partial charge in [0.25, 0.3) is 11.9 Å². The fourth-order valence-corrected chi connectivity index (χ4v) is 3.40. The molecule has 0 saturated carbocycles. The van der Waals surface area contributed by atoms with Crippen LogP contribution in [0.15, 0.2) is 52.9 Å². The molecule has 0 aliphatic carbocycles. The first kappa shape index (κ1) is 18.3. The summed E-state index contributed by atoms with van der Waals surface area (Å²) in [6.45, 7) is 0.905. The van der Waals surface area contributed by atoms with Gasteiger partial charge in [0.05, 0.1) is 20.2 Å². The maximum Gasteiger partial charge on any atom is 0.290 e. The van der Waals surface area contributed by atoms with Gasteiger partial charge in [-0.05, 0) is 41.5 Å². The number of rotatable bonds is 3. The minimum Gasteiger partial charge on any atom is -0.504 e. The molecule has 1 N–H and O–H groups in total. The molecule has 1 aliphatic rings. The van der Waals surface area contributed by atoms with Crippen LogP contribution in [0.3, 0.4) is 0 Å². The maximum absolute atomic E-state index is 12.8. The Labute approximate surface area is 166 Å². The lowest BCUT2D eigenvalue weighted by atomic mass is 10.0. The Morgan fingerprint density at radius 3 is 2.79 bits per heavy atom. The van der Waals surface area contributed by atoms with Crippen LogP contribution in [0.1, 0.15) is 16.1 Å². The molecule has 0 spiro atoms. The first-order valence-electron chi connectivity index (χ1n) is 8.73. The molecule has 7 heteroatoms. The van der Waals surface area contributed by atoms with Crippen LogP contribution in [0.5, 0.6) is 17.4 Å². The standard InChI is InChI=1S/C21H18ClNO5/c1-26-19-6-5-18(28-19)21(25)23-7-8-27-20-15(12-23)9-14(11-17(20)24)13-3-2-4-16(22)10-13/h2-6,9-11,24H,7-8,12H2,1H3. The summed E-state index contributed by atoms with van der Waals surface area (Å²) in [7, 11) is 1.48. The van der Waals surface area contributed by atoms with E-state index >= 15 is 0 Å². The Hall–Kier alpha value is -3.12. The van der Waals surface area contributed by atoms with Crippen LogP contribution in [-0.2, 0) is 6.54 Å². The lowest BCUT2D eigenvalue weighted by molar-refractivity contribution is 0.0695. The second kappa shape index (κ2) is 7.48. The number of halogens is 1. The van der Waals surface area contributed by atoms with E-state index in [0.717, 1.165) is 11.1 Å². The number of aromatic hydroxyl groups is 1.